The molecule has 0 aromatic heterocycles. The van der Waals surface area contributed by atoms with Crippen molar-refractivity contribution in [2.45, 2.75) is 13.0 Å². The van der Waals surface area contributed by atoms with Crippen LogP contribution >= 0.6 is 12.2 Å². The van der Waals surface area contributed by atoms with Crippen LogP contribution in [0.25, 0.3) is 0 Å². The van der Waals surface area contributed by atoms with E-state index in [2.05, 4.69) is 10.6 Å². The van der Waals surface area contributed by atoms with Crippen LogP contribution in [0.4, 0.5) is 5.69 Å². The fourth-order valence-electron chi connectivity index (χ4n) is 2.14. The van der Waals surface area contributed by atoms with Crippen molar-refractivity contribution in [2.75, 3.05) is 18.7 Å². The van der Waals surface area contributed by atoms with Gasteiger partial charge in [-0.25, -0.2) is 0 Å². The number of benzene rings is 2. The maximum Gasteiger partial charge on any atom is 0.231 e. The quantitative estimate of drug-likeness (QED) is 0.821. The predicted octanol–water partition coefficient (Wildman–Crippen LogP) is 3.17. The van der Waals surface area contributed by atoms with Crippen molar-refractivity contribution in [3.8, 4) is 17.2 Å². The molecule has 0 radical (unpaired) electrons. The van der Waals surface area contributed by atoms with E-state index in [0.717, 1.165) is 22.9 Å². The molecule has 0 unspecified atom stereocenters. The summed E-state index contributed by atoms with van der Waals surface area (Å²) in [5.74, 6) is 2.31. The van der Waals surface area contributed by atoms with Crippen LogP contribution in [0, 0.1) is 0 Å². The van der Waals surface area contributed by atoms with E-state index in [1.165, 1.54) is 0 Å². The Kier molecular flexibility index (Phi) is 4.83. The van der Waals surface area contributed by atoms with E-state index in [1.807, 2.05) is 55.5 Å². The SMILES string of the molecule is C[C@H](COc1ccccc1)NC(=S)Nc1ccc2c(c1)OCO2. The lowest BCUT2D eigenvalue weighted by Crippen LogP contribution is -2.39. The van der Waals surface area contributed by atoms with Gasteiger partial charge in [0.1, 0.15) is 12.4 Å². The number of anilines is 1. The van der Waals surface area contributed by atoms with Crippen LogP contribution in [0.5, 0.6) is 17.2 Å². The molecule has 2 aromatic rings. The summed E-state index contributed by atoms with van der Waals surface area (Å²) in [7, 11) is 0. The molecule has 1 heterocycles. The third-order valence-corrected chi connectivity index (χ3v) is 3.47. The van der Waals surface area contributed by atoms with Gasteiger partial charge in [0.05, 0.1) is 6.04 Å². The second-order valence-corrected chi connectivity index (χ2v) is 5.60. The van der Waals surface area contributed by atoms with Crippen molar-refractivity contribution in [1.82, 2.24) is 5.32 Å². The molecule has 23 heavy (non-hydrogen) atoms. The fourth-order valence-corrected chi connectivity index (χ4v) is 2.46. The molecule has 0 aliphatic carbocycles. The van der Waals surface area contributed by atoms with Crippen LogP contribution in [-0.2, 0) is 0 Å². The fraction of sp³-hybridized carbons (Fsp3) is 0.235. The minimum Gasteiger partial charge on any atom is -0.491 e. The number of hydrogen-bond donors (Lipinski definition) is 2. The van der Waals surface area contributed by atoms with Crippen LogP contribution < -0.4 is 24.8 Å². The van der Waals surface area contributed by atoms with Gasteiger partial charge in [0.25, 0.3) is 0 Å². The smallest absolute Gasteiger partial charge is 0.231 e. The first-order valence-corrected chi connectivity index (χ1v) is 7.76. The first-order chi connectivity index (χ1) is 11.2. The van der Waals surface area contributed by atoms with Gasteiger partial charge in [0.15, 0.2) is 16.6 Å². The summed E-state index contributed by atoms with van der Waals surface area (Å²) in [4.78, 5) is 0. The van der Waals surface area contributed by atoms with Crippen LogP contribution in [0.15, 0.2) is 48.5 Å². The molecule has 0 saturated heterocycles. The number of nitrogens with one attached hydrogen (secondary N) is 2. The van der Waals surface area contributed by atoms with Crippen molar-refractivity contribution < 1.29 is 14.2 Å². The molecule has 0 fully saturated rings. The van der Waals surface area contributed by atoms with Crippen molar-refractivity contribution in [1.29, 1.82) is 0 Å². The highest BCUT2D eigenvalue weighted by molar-refractivity contribution is 7.80. The summed E-state index contributed by atoms with van der Waals surface area (Å²) in [6, 6.07) is 15.4. The molecule has 0 bridgehead atoms. The number of thiocarbonyl (C=S) groups is 1. The van der Waals surface area contributed by atoms with Gasteiger partial charge in [0, 0.05) is 11.8 Å². The molecule has 2 aromatic carbocycles. The Balaban J connectivity index is 1.47. The normalized spacial score (nSPS) is 13.3. The van der Waals surface area contributed by atoms with Crippen molar-refractivity contribution in [3.05, 3.63) is 48.5 Å². The Labute approximate surface area is 140 Å². The Morgan fingerprint density at radius 2 is 1.96 bits per heavy atom. The highest BCUT2D eigenvalue weighted by Crippen LogP contribution is 2.34. The first kappa shape index (κ1) is 15.4. The highest BCUT2D eigenvalue weighted by Gasteiger charge is 2.14. The molecule has 5 nitrogen and oxygen atoms in total. The summed E-state index contributed by atoms with van der Waals surface area (Å²) in [6.07, 6.45) is 0. The van der Waals surface area contributed by atoms with Gasteiger partial charge >= 0.3 is 0 Å². The number of rotatable bonds is 5. The number of ether oxygens (including phenoxy) is 3. The summed E-state index contributed by atoms with van der Waals surface area (Å²) in [5.41, 5.74) is 0.850. The van der Waals surface area contributed by atoms with E-state index in [1.54, 1.807) is 0 Å². The molecular formula is C17H18N2O3S. The predicted molar refractivity (Wildman–Crippen MR) is 93.3 cm³/mol. The maximum atomic E-state index is 5.69. The van der Waals surface area contributed by atoms with E-state index in [4.69, 9.17) is 26.4 Å². The third kappa shape index (κ3) is 4.26. The average Bonchev–Trinajstić information content (AvgIpc) is 3.01. The van der Waals surface area contributed by atoms with Gasteiger partial charge in [-0.15, -0.1) is 0 Å². The second-order valence-electron chi connectivity index (χ2n) is 5.19. The minimum atomic E-state index is 0.0733. The lowest BCUT2D eigenvalue weighted by atomic mass is 10.3. The largest absolute Gasteiger partial charge is 0.491 e. The zero-order valence-corrected chi connectivity index (χ0v) is 13.6. The Morgan fingerprint density at radius 1 is 1.17 bits per heavy atom. The number of hydrogen-bond acceptors (Lipinski definition) is 4. The summed E-state index contributed by atoms with van der Waals surface area (Å²) in [5, 5.41) is 6.85. The molecule has 0 saturated carbocycles. The minimum absolute atomic E-state index is 0.0733. The lowest BCUT2D eigenvalue weighted by molar-refractivity contribution is 0.174. The zero-order chi connectivity index (χ0) is 16.1. The third-order valence-electron chi connectivity index (χ3n) is 3.25. The first-order valence-electron chi connectivity index (χ1n) is 7.36. The molecular weight excluding hydrogens is 312 g/mol. The van der Waals surface area contributed by atoms with E-state index in [-0.39, 0.29) is 12.8 Å². The topological polar surface area (TPSA) is 51.8 Å². The van der Waals surface area contributed by atoms with E-state index in [0.29, 0.717) is 11.7 Å². The standard InChI is InChI=1S/C17H18N2O3S/c1-12(10-20-14-5-3-2-4-6-14)18-17(23)19-13-7-8-15-16(9-13)22-11-21-15/h2-9,12H,10-11H2,1H3,(H2,18,19,23)/t12-/m1/s1. The maximum absolute atomic E-state index is 5.69. The molecule has 2 N–H and O–H groups in total. The Morgan fingerprint density at radius 3 is 2.78 bits per heavy atom. The Bertz CT molecular complexity index is 679. The van der Waals surface area contributed by atoms with Crippen LogP contribution in [-0.4, -0.2) is 24.6 Å². The van der Waals surface area contributed by atoms with Gasteiger partial charge in [-0.2, -0.15) is 0 Å². The van der Waals surface area contributed by atoms with Crippen LogP contribution in [0.2, 0.25) is 0 Å². The van der Waals surface area contributed by atoms with Crippen molar-refractivity contribution in [2.24, 2.45) is 0 Å². The van der Waals surface area contributed by atoms with Crippen molar-refractivity contribution in [3.63, 3.8) is 0 Å². The Hall–Kier alpha value is -2.47. The van der Waals surface area contributed by atoms with Crippen molar-refractivity contribution >= 4 is 23.0 Å². The van der Waals surface area contributed by atoms with Gasteiger partial charge in [0.2, 0.25) is 6.79 Å². The highest BCUT2D eigenvalue weighted by atomic mass is 32.1. The summed E-state index contributed by atoms with van der Waals surface area (Å²) in [6.45, 7) is 2.79. The lowest BCUT2D eigenvalue weighted by Gasteiger charge is -2.17. The summed E-state index contributed by atoms with van der Waals surface area (Å²) >= 11 is 5.32. The van der Waals surface area contributed by atoms with Gasteiger partial charge in [-0.05, 0) is 43.4 Å². The molecule has 120 valence electrons. The van der Waals surface area contributed by atoms with Gasteiger partial charge in [-0.3, -0.25) is 0 Å². The molecule has 1 aliphatic rings. The van der Waals surface area contributed by atoms with Gasteiger partial charge in [-0.1, -0.05) is 18.2 Å². The number of fused-ring (bicyclic) bond motifs is 1. The van der Waals surface area contributed by atoms with Crippen LogP contribution in [0.3, 0.4) is 0 Å². The van der Waals surface area contributed by atoms with Crippen LogP contribution in [0.1, 0.15) is 6.92 Å². The number of para-hydroxylation sites is 1. The van der Waals surface area contributed by atoms with E-state index < -0.39 is 0 Å². The molecule has 0 amide bonds. The zero-order valence-electron chi connectivity index (χ0n) is 12.7. The molecule has 3 rings (SSSR count). The monoisotopic (exact) mass is 330 g/mol. The molecule has 1 aliphatic heterocycles. The molecule has 0 spiro atoms. The van der Waals surface area contributed by atoms with E-state index >= 15 is 0 Å². The second kappa shape index (κ2) is 7.19. The van der Waals surface area contributed by atoms with E-state index in [9.17, 15) is 0 Å². The summed E-state index contributed by atoms with van der Waals surface area (Å²) < 4.78 is 16.3. The average molecular weight is 330 g/mol. The molecule has 1 atom stereocenters. The molecule has 6 heteroatoms. The van der Waals surface area contributed by atoms with Gasteiger partial charge < -0.3 is 24.8 Å².